The molecule has 1 rings (SSSR count). The lowest BCUT2D eigenvalue weighted by atomic mass is 9.96. The third kappa shape index (κ3) is 5.18. The van der Waals surface area contributed by atoms with Crippen molar-refractivity contribution in [2.75, 3.05) is 5.75 Å². The minimum Gasteiger partial charge on any atom is -0.368 e. The first-order valence-corrected chi connectivity index (χ1v) is 7.27. The molecule has 0 heterocycles. The van der Waals surface area contributed by atoms with Gasteiger partial charge in [-0.25, -0.2) is 0 Å². The van der Waals surface area contributed by atoms with Crippen LogP contribution < -0.4 is 11.5 Å². The van der Waals surface area contributed by atoms with Gasteiger partial charge in [-0.15, -0.1) is 11.8 Å². The Kier molecular flexibility index (Phi) is 5.97. The van der Waals surface area contributed by atoms with E-state index in [1.54, 1.807) is 30.8 Å². The van der Waals surface area contributed by atoms with E-state index in [9.17, 15) is 14.9 Å². The Labute approximate surface area is 122 Å². The molecular weight excluding hydrogens is 278 g/mol. The maximum absolute atomic E-state index is 11.0. The van der Waals surface area contributed by atoms with Crippen LogP contribution in [-0.4, -0.2) is 22.1 Å². The molecule has 0 saturated heterocycles. The van der Waals surface area contributed by atoms with Crippen molar-refractivity contribution < 1.29 is 9.72 Å². The molecule has 0 spiro atoms. The van der Waals surface area contributed by atoms with Crippen LogP contribution in [0.2, 0.25) is 0 Å². The molecule has 1 atom stereocenters. The SMILES string of the molecule is CC(N)(CCCCSc1ccc([N+](=O)[O-])cc1)C(N)=O. The highest BCUT2D eigenvalue weighted by atomic mass is 32.2. The molecule has 7 heteroatoms. The molecule has 0 aromatic heterocycles. The Balaban J connectivity index is 2.28. The summed E-state index contributed by atoms with van der Waals surface area (Å²) in [5.74, 6) is 0.382. The second-order valence-electron chi connectivity index (χ2n) is 4.84. The van der Waals surface area contributed by atoms with E-state index in [-0.39, 0.29) is 5.69 Å². The van der Waals surface area contributed by atoms with Crippen LogP contribution in [0.4, 0.5) is 5.69 Å². The second kappa shape index (κ2) is 7.25. The van der Waals surface area contributed by atoms with Crippen LogP contribution >= 0.6 is 11.8 Å². The zero-order valence-electron chi connectivity index (χ0n) is 11.4. The number of thioether (sulfide) groups is 1. The number of nitrogens with zero attached hydrogens (tertiary/aromatic N) is 1. The van der Waals surface area contributed by atoms with E-state index >= 15 is 0 Å². The van der Waals surface area contributed by atoms with Crippen LogP contribution in [0.25, 0.3) is 0 Å². The fourth-order valence-corrected chi connectivity index (χ4v) is 2.48. The summed E-state index contributed by atoms with van der Waals surface area (Å²) in [6.45, 7) is 1.64. The Hall–Kier alpha value is -1.60. The quantitative estimate of drug-likeness (QED) is 0.330. The van der Waals surface area contributed by atoms with Crippen LogP contribution in [0.5, 0.6) is 0 Å². The van der Waals surface area contributed by atoms with Crippen molar-refractivity contribution in [3.63, 3.8) is 0 Å². The number of carbonyl (C=O) groups excluding carboxylic acids is 1. The molecule has 1 unspecified atom stereocenters. The molecule has 0 radical (unpaired) electrons. The van der Waals surface area contributed by atoms with Gasteiger partial charge in [0.2, 0.25) is 5.91 Å². The van der Waals surface area contributed by atoms with Gasteiger partial charge in [0.15, 0.2) is 0 Å². The third-order valence-electron chi connectivity index (χ3n) is 2.97. The number of nitrogens with two attached hydrogens (primary N) is 2. The Bertz CT molecular complexity index is 474. The van der Waals surface area contributed by atoms with Crippen molar-refractivity contribution in [3.8, 4) is 0 Å². The number of unbranched alkanes of at least 4 members (excludes halogenated alkanes) is 1. The molecule has 1 aromatic carbocycles. The van der Waals surface area contributed by atoms with Gasteiger partial charge >= 0.3 is 0 Å². The summed E-state index contributed by atoms with van der Waals surface area (Å²) in [5.41, 5.74) is 10.1. The lowest BCUT2D eigenvalue weighted by molar-refractivity contribution is -0.384. The summed E-state index contributed by atoms with van der Waals surface area (Å²) >= 11 is 1.62. The van der Waals surface area contributed by atoms with E-state index in [0.29, 0.717) is 6.42 Å². The minimum absolute atomic E-state index is 0.0923. The number of hydrogen-bond acceptors (Lipinski definition) is 5. The van der Waals surface area contributed by atoms with E-state index < -0.39 is 16.4 Å². The van der Waals surface area contributed by atoms with Crippen LogP contribution in [0.1, 0.15) is 26.2 Å². The molecule has 20 heavy (non-hydrogen) atoms. The fraction of sp³-hybridized carbons (Fsp3) is 0.462. The molecule has 0 saturated carbocycles. The first-order valence-electron chi connectivity index (χ1n) is 6.29. The summed E-state index contributed by atoms with van der Waals surface area (Å²) < 4.78 is 0. The molecule has 0 aliphatic rings. The van der Waals surface area contributed by atoms with E-state index in [2.05, 4.69) is 0 Å². The molecule has 0 aliphatic carbocycles. The molecule has 0 aliphatic heterocycles. The average Bonchev–Trinajstić information content (AvgIpc) is 2.38. The maximum atomic E-state index is 11.0. The van der Waals surface area contributed by atoms with Gasteiger partial charge in [0.05, 0.1) is 10.5 Å². The number of non-ortho nitro benzene ring substituents is 1. The monoisotopic (exact) mass is 297 g/mol. The van der Waals surface area contributed by atoms with E-state index in [0.717, 1.165) is 23.5 Å². The lowest BCUT2D eigenvalue weighted by Crippen LogP contribution is -2.49. The lowest BCUT2D eigenvalue weighted by Gasteiger charge is -2.19. The van der Waals surface area contributed by atoms with Gasteiger partial charge in [-0.2, -0.15) is 0 Å². The van der Waals surface area contributed by atoms with Crippen molar-refractivity contribution in [3.05, 3.63) is 34.4 Å². The number of primary amides is 1. The molecular formula is C13H19N3O3S. The maximum Gasteiger partial charge on any atom is 0.269 e. The molecule has 1 amide bonds. The zero-order chi connectivity index (χ0) is 15.2. The summed E-state index contributed by atoms with van der Waals surface area (Å²) in [4.78, 5) is 22.1. The number of benzene rings is 1. The van der Waals surface area contributed by atoms with Gasteiger partial charge in [-0.05, 0) is 37.7 Å². The number of amides is 1. The third-order valence-corrected chi connectivity index (χ3v) is 4.07. The van der Waals surface area contributed by atoms with Gasteiger partial charge in [0.1, 0.15) is 0 Å². The molecule has 110 valence electrons. The summed E-state index contributed by atoms with van der Waals surface area (Å²) in [6.07, 6.45) is 2.28. The van der Waals surface area contributed by atoms with E-state index in [4.69, 9.17) is 11.5 Å². The van der Waals surface area contributed by atoms with Crippen molar-refractivity contribution >= 4 is 23.4 Å². The normalized spacial score (nSPS) is 13.7. The fourth-order valence-electron chi connectivity index (χ4n) is 1.57. The summed E-state index contributed by atoms with van der Waals surface area (Å²) in [6, 6.07) is 6.46. The smallest absolute Gasteiger partial charge is 0.269 e. The van der Waals surface area contributed by atoms with E-state index in [1.165, 1.54) is 12.1 Å². The highest BCUT2D eigenvalue weighted by Gasteiger charge is 2.24. The highest BCUT2D eigenvalue weighted by molar-refractivity contribution is 7.99. The number of carbonyl (C=O) groups is 1. The largest absolute Gasteiger partial charge is 0.368 e. The Morgan fingerprint density at radius 1 is 1.35 bits per heavy atom. The number of nitro benzene ring substituents is 1. The molecule has 4 N–H and O–H groups in total. The van der Waals surface area contributed by atoms with Crippen molar-refractivity contribution in [2.24, 2.45) is 11.5 Å². The van der Waals surface area contributed by atoms with Gasteiger partial charge in [-0.3, -0.25) is 14.9 Å². The van der Waals surface area contributed by atoms with Gasteiger partial charge in [0, 0.05) is 17.0 Å². The van der Waals surface area contributed by atoms with Crippen molar-refractivity contribution in [2.45, 2.75) is 36.6 Å². The van der Waals surface area contributed by atoms with Gasteiger partial charge in [-0.1, -0.05) is 6.42 Å². The Morgan fingerprint density at radius 3 is 2.45 bits per heavy atom. The molecule has 0 fully saturated rings. The number of nitro groups is 1. The molecule has 0 bridgehead atoms. The van der Waals surface area contributed by atoms with Crippen LogP contribution in [0.3, 0.4) is 0 Å². The van der Waals surface area contributed by atoms with Crippen molar-refractivity contribution in [1.29, 1.82) is 0 Å². The molecule has 1 aromatic rings. The average molecular weight is 297 g/mol. The predicted octanol–water partition coefficient (Wildman–Crippen LogP) is 2.06. The summed E-state index contributed by atoms with van der Waals surface area (Å²) in [5, 5.41) is 10.5. The number of hydrogen-bond donors (Lipinski definition) is 2. The zero-order valence-corrected chi connectivity index (χ0v) is 12.2. The Morgan fingerprint density at radius 2 is 1.95 bits per heavy atom. The van der Waals surface area contributed by atoms with Crippen LogP contribution in [-0.2, 0) is 4.79 Å². The minimum atomic E-state index is -0.946. The second-order valence-corrected chi connectivity index (χ2v) is 6.01. The molecule has 6 nitrogen and oxygen atoms in total. The summed E-state index contributed by atoms with van der Waals surface area (Å²) in [7, 11) is 0. The number of rotatable bonds is 8. The first-order chi connectivity index (χ1) is 9.33. The van der Waals surface area contributed by atoms with Crippen molar-refractivity contribution in [1.82, 2.24) is 0 Å². The van der Waals surface area contributed by atoms with Gasteiger partial charge < -0.3 is 11.5 Å². The first kappa shape index (κ1) is 16.5. The topological polar surface area (TPSA) is 112 Å². The standard InChI is InChI=1S/C13H19N3O3S/c1-13(15,12(14)17)8-2-3-9-20-11-6-4-10(5-7-11)16(18)19/h4-7H,2-3,8-9,15H2,1H3,(H2,14,17). The van der Waals surface area contributed by atoms with Gasteiger partial charge in [0.25, 0.3) is 5.69 Å². The van der Waals surface area contributed by atoms with Crippen LogP contribution in [0, 0.1) is 10.1 Å². The van der Waals surface area contributed by atoms with Crippen LogP contribution in [0.15, 0.2) is 29.2 Å². The highest BCUT2D eigenvalue weighted by Crippen LogP contribution is 2.23. The predicted molar refractivity (Wildman–Crippen MR) is 79.5 cm³/mol. The van der Waals surface area contributed by atoms with E-state index in [1.807, 2.05) is 0 Å².